The Kier molecular flexibility index (Phi) is 4.38. The first-order chi connectivity index (χ1) is 12.0. The SMILES string of the molecule is CCc1nc(NN2C(=O)C=C(C)C2=O)ncc1C(=O)c1ccccc1. The molecule has 0 spiro atoms. The van der Waals surface area contributed by atoms with Crippen LogP contribution in [0.5, 0.6) is 0 Å². The molecule has 1 aromatic carbocycles. The first-order valence-electron chi connectivity index (χ1n) is 7.80. The summed E-state index contributed by atoms with van der Waals surface area (Å²) < 4.78 is 0. The van der Waals surface area contributed by atoms with Crippen molar-refractivity contribution in [2.24, 2.45) is 0 Å². The Labute approximate surface area is 144 Å². The van der Waals surface area contributed by atoms with E-state index in [2.05, 4.69) is 15.4 Å². The number of amides is 2. The molecule has 2 aromatic rings. The maximum atomic E-state index is 12.6. The van der Waals surface area contributed by atoms with Crippen LogP contribution in [0.2, 0.25) is 0 Å². The van der Waals surface area contributed by atoms with Crippen molar-refractivity contribution in [3.8, 4) is 0 Å². The number of hydrogen-bond donors (Lipinski definition) is 1. The number of benzene rings is 1. The van der Waals surface area contributed by atoms with Gasteiger partial charge in [0.05, 0.1) is 11.3 Å². The lowest BCUT2D eigenvalue weighted by Crippen LogP contribution is -2.37. The normalized spacial score (nSPS) is 13.8. The summed E-state index contributed by atoms with van der Waals surface area (Å²) in [5, 5.41) is 0.850. The van der Waals surface area contributed by atoms with Crippen LogP contribution < -0.4 is 5.43 Å². The van der Waals surface area contributed by atoms with Crippen LogP contribution in [0.15, 0.2) is 48.2 Å². The highest BCUT2D eigenvalue weighted by atomic mass is 16.2. The lowest BCUT2D eigenvalue weighted by molar-refractivity contribution is -0.135. The zero-order valence-electron chi connectivity index (χ0n) is 13.8. The molecule has 1 aliphatic rings. The molecule has 3 rings (SSSR count). The van der Waals surface area contributed by atoms with Gasteiger partial charge >= 0.3 is 0 Å². The summed E-state index contributed by atoms with van der Waals surface area (Å²) in [7, 11) is 0. The second-order valence-corrected chi connectivity index (χ2v) is 5.52. The molecule has 0 bridgehead atoms. The standard InChI is InChI=1S/C18H16N4O3/c1-3-14-13(16(24)12-7-5-4-6-8-12)10-19-18(20-14)21-22-15(23)9-11(2)17(22)25/h4-10H,3H2,1-2H3,(H,19,20,21). The van der Waals surface area contributed by atoms with E-state index >= 15 is 0 Å². The van der Waals surface area contributed by atoms with Crippen molar-refractivity contribution in [3.63, 3.8) is 0 Å². The van der Waals surface area contributed by atoms with E-state index < -0.39 is 11.8 Å². The molecule has 0 aliphatic carbocycles. The number of imide groups is 1. The van der Waals surface area contributed by atoms with E-state index in [4.69, 9.17) is 0 Å². The summed E-state index contributed by atoms with van der Waals surface area (Å²) in [6, 6.07) is 8.86. The molecule has 1 aromatic heterocycles. The number of aromatic nitrogens is 2. The Morgan fingerprint density at radius 3 is 2.52 bits per heavy atom. The Hall–Kier alpha value is -3.35. The van der Waals surface area contributed by atoms with Gasteiger partial charge in [-0.1, -0.05) is 37.3 Å². The van der Waals surface area contributed by atoms with Crippen LogP contribution in [-0.4, -0.2) is 32.6 Å². The molecule has 1 N–H and O–H groups in total. The van der Waals surface area contributed by atoms with Crippen molar-refractivity contribution < 1.29 is 14.4 Å². The quantitative estimate of drug-likeness (QED) is 0.662. The lowest BCUT2D eigenvalue weighted by Gasteiger charge is -2.16. The van der Waals surface area contributed by atoms with E-state index in [-0.39, 0.29) is 11.7 Å². The largest absolute Gasteiger partial charge is 0.288 e. The first kappa shape index (κ1) is 16.5. The maximum absolute atomic E-state index is 12.6. The minimum Gasteiger partial charge on any atom is -0.288 e. The number of nitrogens with zero attached hydrogens (tertiary/aromatic N) is 3. The van der Waals surface area contributed by atoms with Crippen molar-refractivity contribution in [3.05, 3.63) is 65.0 Å². The number of nitrogens with one attached hydrogen (secondary N) is 1. The fraction of sp³-hybridized carbons (Fsp3) is 0.167. The molecule has 1 aliphatic heterocycles. The van der Waals surface area contributed by atoms with Crippen LogP contribution in [-0.2, 0) is 16.0 Å². The minimum atomic E-state index is -0.478. The van der Waals surface area contributed by atoms with E-state index in [0.717, 1.165) is 5.01 Å². The Morgan fingerprint density at radius 1 is 1.20 bits per heavy atom. The van der Waals surface area contributed by atoms with Gasteiger partial charge in [0.1, 0.15) is 0 Å². The van der Waals surface area contributed by atoms with Crippen molar-refractivity contribution in [1.82, 2.24) is 15.0 Å². The van der Waals surface area contributed by atoms with Gasteiger partial charge in [0.2, 0.25) is 5.95 Å². The number of hydrazine groups is 1. The summed E-state index contributed by atoms with van der Waals surface area (Å²) in [5.74, 6) is -1.01. The second kappa shape index (κ2) is 6.64. The van der Waals surface area contributed by atoms with Crippen molar-refractivity contribution >= 4 is 23.5 Å². The molecule has 0 atom stereocenters. The molecule has 0 saturated carbocycles. The second-order valence-electron chi connectivity index (χ2n) is 5.52. The molecule has 25 heavy (non-hydrogen) atoms. The number of carbonyl (C=O) groups is 3. The number of rotatable bonds is 5. The summed E-state index contributed by atoms with van der Waals surface area (Å²) >= 11 is 0. The number of carbonyl (C=O) groups excluding carboxylic acids is 3. The fourth-order valence-electron chi connectivity index (χ4n) is 2.47. The maximum Gasteiger partial charge on any atom is 0.275 e. The molecule has 7 nitrogen and oxygen atoms in total. The van der Waals surface area contributed by atoms with Gasteiger partial charge in [-0.25, -0.2) is 9.97 Å². The van der Waals surface area contributed by atoms with Crippen LogP contribution in [0.1, 0.15) is 35.5 Å². The van der Waals surface area contributed by atoms with Crippen LogP contribution in [0, 0.1) is 0 Å². The average Bonchev–Trinajstić information content (AvgIpc) is 2.88. The van der Waals surface area contributed by atoms with Crippen molar-refractivity contribution in [2.45, 2.75) is 20.3 Å². The third kappa shape index (κ3) is 3.16. The Morgan fingerprint density at radius 2 is 1.92 bits per heavy atom. The monoisotopic (exact) mass is 336 g/mol. The third-order valence-corrected chi connectivity index (χ3v) is 3.80. The van der Waals surface area contributed by atoms with Crippen molar-refractivity contribution in [2.75, 3.05) is 5.43 Å². The number of anilines is 1. The molecule has 126 valence electrons. The molecule has 2 heterocycles. The topological polar surface area (TPSA) is 92.3 Å². The van der Waals surface area contributed by atoms with Crippen LogP contribution in [0.4, 0.5) is 5.95 Å². The van der Waals surface area contributed by atoms with Gasteiger partial charge in [0.25, 0.3) is 11.8 Å². The number of aryl methyl sites for hydroxylation is 1. The first-order valence-corrected chi connectivity index (χ1v) is 7.80. The van der Waals surface area contributed by atoms with Gasteiger partial charge in [-0.2, -0.15) is 5.01 Å². The van der Waals surface area contributed by atoms with E-state index in [1.165, 1.54) is 12.3 Å². The highest BCUT2D eigenvalue weighted by Crippen LogP contribution is 2.17. The smallest absolute Gasteiger partial charge is 0.275 e. The van der Waals surface area contributed by atoms with Gasteiger partial charge in [-0.15, -0.1) is 0 Å². The zero-order valence-corrected chi connectivity index (χ0v) is 13.8. The molecule has 2 amide bonds. The van der Waals surface area contributed by atoms with Gasteiger partial charge in [-0.3, -0.25) is 19.8 Å². The molecular weight excluding hydrogens is 320 g/mol. The lowest BCUT2D eigenvalue weighted by atomic mass is 10.0. The number of hydrogen-bond acceptors (Lipinski definition) is 6. The summed E-state index contributed by atoms with van der Waals surface area (Å²) in [6.45, 7) is 3.42. The van der Waals surface area contributed by atoms with Gasteiger partial charge in [-0.05, 0) is 13.3 Å². The highest BCUT2D eigenvalue weighted by Gasteiger charge is 2.29. The molecule has 0 fully saturated rings. The Balaban J connectivity index is 1.87. The third-order valence-electron chi connectivity index (χ3n) is 3.80. The predicted octanol–water partition coefficient (Wildman–Crippen LogP) is 1.91. The molecule has 0 saturated heterocycles. The van der Waals surface area contributed by atoms with Crippen molar-refractivity contribution in [1.29, 1.82) is 0 Å². The van der Waals surface area contributed by atoms with Crippen LogP contribution in [0.3, 0.4) is 0 Å². The molecular formula is C18H16N4O3. The summed E-state index contributed by atoms with van der Waals surface area (Å²) in [6.07, 6.45) is 3.16. The fourth-order valence-corrected chi connectivity index (χ4v) is 2.47. The highest BCUT2D eigenvalue weighted by molar-refractivity contribution is 6.16. The van der Waals surface area contributed by atoms with Crippen LogP contribution in [0.25, 0.3) is 0 Å². The van der Waals surface area contributed by atoms with Gasteiger partial charge in [0, 0.05) is 23.4 Å². The van der Waals surface area contributed by atoms with Gasteiger partial charge < -0.3 is 0 Å². The van der Waals surface area contributed by atoms with E-state index in [0.29, 0.717) is 28.8 Å². The van der Waals surface area contributed by atoms with Gasteiger partial charge in [0.15, 0.2) is 5.78 Å². The molecule has 0 unspecified atom stereocenters. The molecule has 0 radical (unpaired) electrons. The average molecular weight is 336 g/mol. The van der Waals surface area contributed by atoms with E-state index in [1.807, 2.05) is 13.0 Å². The summed E-state index contributed by atoms with van der Waals surface area (Å²) in [5.41, 5.74) is 4.42. The minimum absolute atomic E-state index is 0.0891. The van der Waals surface area contributed by atoms with Crippen LogP contribution >= 0.6 is 0 Å². The zero-order chi connectivity index (χ0) is 18.0. The van der Waals surface area contributed by atoms with E-state index in [1.54, 1.807) is 31.2 Å². The molecule has 7 heteroatoms. The predicted molar refractivity (Wildman–Crippen MR) is 90.5 cm³/mol. The Bertz CT molecular complexity index is 890. The summed E-state index contributed by atoms with van der Waals surface area (Å²) in [4.78, 5) is 44.6. The number of ketones is 1. The van der Waals surface area contributed by atoms with E-state index in [9.17, 15) is 14.4 Å².